The Bertz CT molecular complexity index is 610. The lowest BCUT2D eigenvalue weighted by molar-refractivity contribution is -0.140. The molecule has 0 bridgehead atoms. The molecule has 1 atom stereocenters. The smallest absolute Gasteiger partial charge is 0.356 e. The summed E-state index contributed by atoms with van der Waals surface area (Å²) in [7, 11) is 1.75. The van der Waals surface area contributed by atoms with Gasteiger partial charge in [0.25, 0.3) is 0 Å². The van der Waals surface area contributed by atoms with E-state index in [1.165, 1.54) is 32.4 Å². The van der Waals surface area contributed by atoms with Gasteiger partial charge in [0.15, 0.2) is 11.7 Å². The summed E-state index contributed by atoms with van der Waals surface area (Å²) in [5.74, 6) is 1.50. The Morgan fingerprint density at radius 2 is 2.12 bits per heavy atom. The molecule has 3 heterocycles. The maximum Gasteiger partial charge on any atom is 0.434 e. The molecule has 2 saturated heterocycles. The fourth-order valence-electron chi connectivity index (χ4n) is 3.67. The third kappa shape index (κ3) is 5.09. The van der Waals surface area contributed by atoms with E-state index in [1.54, 1.807) is 7.05 Å². The summed E-state index contributed by atoms with van der Waals surface area (Å²) in [6, 6.07) is 0. The van der Waals surface area contributed by atoms with Gasteiger partial charge < -0.3 is 15.1 Å². The number of alkyl halides is 3. The highest BCUT2D eigenvalue weighted by atomic mass is 32.1. The second-order valence-corrected chi connectivity index (χ2v) is 7.90. The van der Waals surface area contributed by atoms with E-state index >= 15 is 0 Å². The number of aliphatic imine (C=N–C) groups is 1. The Balaban J connectivity index is 1.42. The second-order valence-electron chi connectivity index (χ2n) is 6.96. The Morgan fingerprint density at radius 1 is 1.35 bits per heavy atom. The molecule has 0 aliphatic carbocycles. The molecule has 9 heteroatoms. The Morgan fingerprint density at radius 3 is 2.77 bits per heavy atom. The Hall–Kier alpha value is -1.35. The molecule has 0 radical (unpaired) electrons. The largest absolute Gasteiger partial charge is 0.434 e. The minimum atomic E-state index is -4.36. The van der Waals surface area contributed by atoms with E-state index in [2.05, 4.69) is 25.1 Å². The molecule has 0 amide bonds. The van der Waals surface area contributed by atoms with Crippen molar-refractivity contribution >= 4 is 17.3 Å². The molecule has 2 aliphatic rings. The lowest BCUT2D eigenvalue weighted by Gasteiger charge is -2.23. The van der Waals surface area contributed by atoms with Gasteiger partial charge in [-0.05, 0) is 38.3 Å². The van der Waals surface area contributed by atoms with Crippen molar-refractivity contribution in [1.82, 2.24) is 20.1 Å². The van der Waals surface area contributed by atoms with E-state index in [9.17, 15) is 13.2 Å². The summed E-state index contributed by atoms with van der Waals surface area (Å²) < 4.78 is 37.8. The van der Waals surface area contributed by atoms with E-state index in [4.69, 9.17) is 0 Å². The van der Waals surface area contributed by atoms with Crippen LogP contribution in [-0.4, -0.2) is 67.1 Å². The van der Waals surface area contributed by atoms with Crippen molar-refractivity contribution in [2.45, 2.75) is 31.9 Å². The van der Waals surface area contributed by atoms with Crippen molar-refractivity contribution < 1.29 is 13.2 Å². The van der Waals surface area contributed by atoms with Crippen molar-refractivity contribution in [2.24, 2.45) is 10.9 Å². The van der Waals surface area contributed by atoms with Crippen LogP contribution in [0.2, 0.25) is 0 Å². The molecule has 146 valence electrons. The van der Waals surface area contributed by atoms with Gasteiger partial charge in [0, 0.05) is 45.0 Å². The van der Waals surface area contributed by atoms with Gasteiger partial charge in [0.2, 0.25) is 0 Å². The van der Waals surface area contributed by atoms with Crippen LogP contribution in [0.15, 0.2) is 10.4 Å². The normalized spacial score (nSPS) is 22.4. The Labute approximate surface area is 156 Å². The van der Waals surface area contributed by atoms with Gasteiger partial charge in [-0.1, -0.05) is 0 Å². The highest BCUT2D eigenvalue weighted by Gasteiger charge is 2.33. The molecule has 3 rings (SSSR count). The van der Waals surface area contributed by atoms with Gasteiger partial charge >= 0.3 is 6.18 Å². The molecular formula is C17H26F3N5S. The van der Waals surface area contributed by atoms with Crippen LogP contribution in [0.25, 0.3) is 0 Å². The SMILES string of the molecule is CN=C(NCCc1nc(C(F)(F)F)cs1)N1CCC(CN2CCCC2)C1. The fraction of sp³-hybridized carbons (Fsp3) is 0.765. The number of rotatable bonds is 5. The van der Waals surface area contributed by atoms with Crippen LogP contribution in [0, 0.1) is 5.92 Å². The molecular weight excluding hydrogens is 363 g/mol. The van der Waals surface area contributed by atoms with Crippen LogP contribution >= 0.6 is 11.3 Å². The number of likely N-dealkylation sites (tertiary alicyclic amines) is 2. The molecule has 0 aromatic carbocycles. The van der Waals surface area contributed by atoms with Gasteiger partial charge in [-0.2, -0.15) is 13.2 Å². The molecule has 1 aromatic rings. The number of nitrogens with zero attached hydrogens (tertiary/aromatic N) is 4. The first-order valence-corrected chi connectivity index (χ1v) is 10.0. The monoisotopic (exact) mass is 389 g/mol. The summed E-state index contributed by atoms with van der Waals surface area (Å²) in [5.41, 5.74) is -0.800. The average molecular weight is 389 g/mol. The quantitative estimate of drug-likeness (QED) is 0.621. The number of halogens is 3. The third-order valence-corrected chi connectivity index (χ3v) is 5.89. The van der Waals surface area contributed by atoms with Crippen molar-refractivity contribution in [3.8, 4) is 0 Å². The second kappa shape index (κ2) is 8.56. The van der Waals surface area contributed by atoms with Crippen LogP contribution < -0.4 is 5.32 Å². The highest BCUT2D eigenvalue weighted by molar-refractivity contribution is 7.09. The van der Waals surface area contributed by atoms with Crippen LogP contribution in [0.4, 0.5) is 13.2 Å². The molecule has 2 aliphatic heterocycles. The van der Waals surface area contributed by atoms with E-state index in [0.29, 0.717) is 23.9 Å². The van der Waals surface area contributed by atoms with Gasteiger partial charge in [0.1, 0.15) is 0 Å². The van der Waals surface area contributed by atoms with Crippen molar-refractivity contribution in [3.05, 3.63) is 16.1 Å². The molecule has 5 nitrogen and oxygen atoms in total. The standard InChI is InChI=1S/C17H26F3N5S/c1-21-16(22-6-4-15-23-14(12-26-15)17(18,19)20)25-9-5-13(11-25)10-24-7-2-3-8-24/h12-13H,2-11H2,1H3,(H,21,22). The molecule has 1 N–H and O–H groups in total. The number of nitrogens with one attached hydrogen (secondary N) is 1. The summed E-state index contributed by atoms with van der Waals surface area (Å²) in [5, 5.41) is 4.84. The lowest BCUT2D eigenvalue weighted by atomic mass is 10.1. The molecule has 26 heavy (non-hydrogen) atoms. The zero-order valence-corrected chi connectivity index (χ0v) is 15.9. The van der Waals surface area contributed by atoms with Gasteiger partial charge in [-0.25, -0.2) is 4.98 Å². The van der Waals surface area contributed by atoms with E-state index in [-0.39, 0.29) is 0 Å². The number of hydrogen-bond acceptors (Lipinski definition) is 4. The number of thiazole rings is 1. The van der Waals surface area contributed by atoms with Gasteiger partial charge in [-0.15, -0.1) is 11.3 Å². The van der Waals surface area contributed by atoms with Gasteiger partial charge in [0.05, 0.1) is 5.01 Å². The fourth-order valence-corrected chi connectivity index (χ4v) is 4.48. The summed E-state index contributed by atoms with van der Waals surface area (Å²) in [6.07, 6.45) is -0.111. The van der Waals surface area contributed by atoms with Gasteiger partial charge in [-0.3, -0.25) is 4.99 Å². The third-order valence-electron chi connectivity index (χ3n) is 4.98. The molecule has 0 saturated carbocycles. The predicted molar refractivity (Wildman–Crippen MR) is 97.5 cm³/mol. The van der Waals surface area contributed by atoms with Crippen LogP contribution in [0.3, 0.4) is 0 Å². The molecule has 0 spiro atoms. The first-order valence-electron chi connectivity index (χ1n) is 9.15. The minimum Gasteiger partial charge on any atom is -0.356 e. The average Bonchev–Trinajstić information content (AvgIpc) is 3.33. The maximum atomic E-state index is 12.6. The first kappa shape index (κ1) is 19.4. The lowest BCUT2D eigenvalue weighted by Crippen LogP contribution is -2.41. The van der Waals surface area contributed by atoms with E-state index < -0.39 is 11.9 Å². The zero-order chi connectivity index (χ0) is 18.6. The predicted octanol–water partition coefficient (Wildman–Crippen LogP) is 2.70. The minimum absolute atomic E-state index is 0.463. The topological polar surface area (TPSA) is 43.8 Å². The summed E-state index contributed by atoms with van der Waals surface area (Å²) in [6.45, 7) is 6.10. The van der Waals surface area contributed by atoms with E-state index in [0.717, 1.165) is 42.3 Å². The number of hydrogen-bond donors (Lipinski definition) is 1. The number of aromatic nitrogens is 1. The van der Waals surface area contributed by atoms with Crippen LogP contribution in [0.1, 0.15) is 30.0 Å². The molecule has 1 unspecified atom stereocenters. The zero-order valence-electron chi connectivity index (χ0n) is 15.1. The van der Waals surface area contributed by atoms with E-state index in [1.807, 2.05) is 0 Å². The van der Waals surface area contributed by atoms with Crippen LogP contribution in [0.5, 0.6) is 0 Å². The number of guanidine groups is 1. The van der Waals surface area contributed by atoms with Crippen molar-refractivity contribution in [1.29, 1.82) is 0 Å². The first-order chi connectivity index (χ1) is 12.5. The Kier molecular flexibility index (Phi) is 6.39. The molecule has 1 aromatic heterocycles. The highest BCUT2D eigenvalue weighted by Crippen LogP contribution is 2.30. The van der Waals surface area contributed by atoms with Crippen molar-refractivity contribution in [2.75, 3.05) is 46.3 Å². The summed E-state index contributed by atoms with van der Waals surface area (Å²) in [4.78, 5) is 12.8. The summed E-state index contributed by atoms with van der Waals surface area (Å²) >= 11 is 1.06. The van der Waals surface area contributed by atoms with Crippen molar-refractivity contribution in [3.63, 3.8) is 0 Å². The molecule has 2 fully saturated rings. The van der Waals surface area contributed by atoms with Crippen LogP contribution in [-0.2, 0) is 12.6 Å². The maximum absolute atomic E-state index is 12.6.